The van der Waals surface area contributed by atoms with Crippen molar-refractivity contribution in [2.24, 2.45) is 0 Å². The van der Waals surface area contributed by atoms with E-state index < -0.39 is 0 Å². The van der Waals surface area contributed by atoms with Gasteiger partial charge in [0, 0.05) is 24.7 Å². The molecule has 0 spiro atoms. The smallest absolute Gasteiger partial charge is 0.252 e. The number of amides is 1. The Bertz CT molecular complexity index is 913. The Morgan fingerprint density at radius 1 is 1.35 bits per heavy atom. The van der Waals surface area contributed by atoms with Crippen LogP contribution in [0.15, 0.2) is 42.6 Å². The second kappa shape index (κ2) is 7.25. The zero-order chi connectivity index (χ0) is 17.9. The number of hydrogen-bond acceptors (Lipinski definition) is 4. The Labute approximate surface area is 152 Å². The molecule has 0 radical (unpaired) electrons. The van der Waals surface area contributed by atoms with Gasteiger partial charge in [0.1, 0.15) is 0 Å². The molecule has 2 aromatic heterocycles. The van der Waals surface area contributed by atoms with Gasteiger partial charge in [-0.25, -0.2) is 9.67 Å². The second-order valence-corrected chi connectivity index (χ2v) is 6.62. The fourth-order valence-corrected chi connectivity index (χ4v) is 3.47. The molecule has 1 unspecified atom stereocenters. The highest BCUT2D eigenvalue weighted by Gasteiger charge is 2.19. The average Bonchev–Trinajstić information content (AvgIpc) is 3.35. The minimum Gasteiger partial charge on any atom is -0.350 e. The van der Waals surface area contributed by atoms with Gasteiger partial charge in [-0.2, -0.15) is 5.10 Å². The van der Waals surface area contributed by atoms with E-state index in [-0.39, 0.29) is 5.91 Å². The lowest BCUT2D eigenvalue weighted by atomic mass is 10.1. The molecule has 134 valence electrons. The molecule has 1 atom stereocenters. The number of pyridine rings is 1. The van der Waals surface area contributed by atoms with Crippen LogP contribution in [0.4, 0.5) is 0 Å². The molecule has 2 N–H and O–H groups in total. The molecule has 1 saturated heterocycles. The molecule has 4 rings (SSSR count). The van der Waals surface area contributed by atoms with Crippen molar-refractivity contribution in [3.05, 3.63) is 48.2 Å². The minimum absolute atomic E-state index is 0.0704. The van der Waals surface area contributed by atoms with Crippen LogP contribution in [-0.2, 0) is 6.54 Å². The fourth-order valence-electron chi connectivity index (χ4n) is 3.47. The summed E-state index contributed by atoms with van der Waals surface area (Å²) in [7, 11) is 0. The Kier molecular flexibility index (Phi) is 4.67. The van der Waals surface area contributed by atoms with Gasteiger partial charge in [0.25, 0.3) is 5.91 Å². The van der Waals surface area contributed by atoms with E-state index in [1.54, 1.807) is 6.20 Å². The lowest BCUT2D eigenvalue weighted by molar-refractivity contribution is 0.0952. The van der Waals surface area contributed by atoms with Crippen LogP contribution < -0.4 is 10.6 Å². The first-order valence-electron chi connectivity index (χ1n) is 9.20. The van der Waals surface area contributed by atoms with Crippen molar-refractivity contribution in [3.63, 3.8) is 0 Å². The topological polar surface area (TPSA) is 71.8 Å². The molecule has 0 saturated carbocycles. The standard InChI is InChI=1S/C20H23N5O/c1-2-25-19-17(13-23-25)16(20(26)22-12-15-9-6-10-21-15)11-18(24-19)14-7-4-3-5-8-14/h3-5,7-8,11,13,15,21H,2,6,9-10,12H2,1H3,(H,22,26). The molecule has 1 fully saturated rings. The van der Waals surface area contributed by atoms with Crippen molar-refractivity contribution in [1.82, 2.24) is 25.4 Å². The highest BCUT2D eigenvalue weighted by atomic mass is 16.1. The highest BCUT2D eigenvalue weighted by Crippen LogP contribution is 2.25. The molecular formula is C20H23N5O. The molecule has 0 aliphatic carbocycles. The van der Waals surface area contributed by atoms with Crippen molar-refractivity contribution in [2.45, 2.75) is 32.4 Å². The van der Waals surface area contributed by atoms with Gasteiger partial charge < -0.3 is 10.6 Å². The summed E-state index contributed by atoms with van der Waals surface area (Å²) in [6.45, 7) is 4.41. The van der Waals surface area contributed by atoms with Crippen molar-refractivity contribution in [2.75, 3.05) is 13.1 Å². The van der Waals surface area contributed by atoms with E-state index >= 15 is 0 Å². The maximum atomic E-state index is 12.9. The summed E-state index contributed by atoms with van der Waals surface area (Å²) in [5.41, 5.74) is 3.16. The van der Waals surface area contributed by atoms with E-state index in [0.29, 0.717) is 24.7 Å². The van der Waals surface area contributed by atoms with Crippen LogP contribution in [0.2, 0.25) is 0 Å². The number of benzene rings is 1. The summed E-state index contributed by atoms with van der Waals surface area (Å²) < 4.78 is 1.83. The minimum atomic E-state index is -0.0704. The lowest BCUT2D eigenvalue weighted by Crippen LogP contribution is -2.37. The summed E-state index contributed by atoms with van der Waals surface area (Å²) in [6.07, 6.45) is 4.01. The molecule has 1 aromatic carbocycles. The third-order valence-corrected chi connectivity index (χ3v) is 4.89. The fraction of sp³-hybridized carbons (Fsp3) is 0.350. The predicted octanol–water partition coefficient (Wildman–Crippen LogP) is 2.60. The van der Waals surface area contributed by atoms with Crippen LogP contribution in [-0.4, -0.2) is 39.8 Å². The van der Waals surface area contributed by atoms with Crippen molar-refractivity contribution in [1.29, 1.82) is 0 Å². The van der Waals surface area contributed by atoms with Gasteiger partial charge >= 0.3 is 0 Å². The number of fused-ring (bicyclic) bond motifs is 1. The quantitative estimate of drug-likeness (QED) is 0.743. The first kappa shape index (κ1) is 16.7. The monoisotopic (exact) mass is 349 g/mol. The summed E-state index contributed by atoms with van der Waals surface area (Å²) in [6, 6.07) is 12.2. The molecule has 1 aliphatic rings. The number of nitrogens with zero attached hydrogens (tertiary/aromatic N) is 3. The Balaban J connectivity index is 1.72. The van der Waals surface area contributed by atoms with Crippen molar-refractivity contribution >= 4 is 16.9 Å². The number of aryl methyl sites for hydroxylation is 1. The number of rotatable bonds is 5. The first-order chi connectivity index (χ1) is 12.8. The maximum absolute atomic E-state index is 12.9. The normalized spacial score (nSPS) is 16.9. The first-order valence-corrected chi connectivity index (χ1v) is 9.20. The summed E-state index contributed by atoms with van der Waals surface area (Å²) in [4.78, 5) is 17.7. The van der Waals surface area contributed by atoms with Crippen LogP contribution in [0, 0.1) is 0 Å². The lowest BCUT2D eigenvalue weighted by Gasteiger charge is -2.13. The van der Waals surface area contributed by atoms with E-state index in [2.05, 4.69) is 15.7 Å². The van der Waals surface area contributed by atoms with Gasteiger partial charge in [-0.15, -0.1) is 0 Å². The van der Waals surface area contributed by atoms with E-state index in [1.807, 2.05) is 48.0 Å². The largest absolute Gasteiger partial charge is 0.350 e. The van der Waals surface area contributed by atoms with Crippen molar-refractivity contribution in [3.8, 4) is 11.3 Å². The van der Waals surface area contributed by atoms with E-state index in [0.717, 1.165) is 35.3 Å². The van der Waals surface area contributed by atoms with Crippen LogP contribution in [0.3, 0.4) is 0 Å². The molecule has 3 aromatic rings. The zero-order valence-corrected chi connectivity index (χ0v) is 14.9. The van der Waals surface area contributed by atoms with E-state index in [9.17, 15) is 4.79 Å². The predicted molar refractivity (Wildman–Crippen MR) is 102 cm³/mol. The molecular weight excluding hydrogens is 326 g/mol. The van der Waals surface area contributed by atoms with Crippen LogP contribution in [0.1, 0.15) is 30.1 Å². The molecule has 26 heavy (non-hydrogen) atoms. The molecule has 1 aliphatic heterocycles. The van der Waals surface area contributed by atoms with Crippen LogP contribution in [0.5, 0.6) is 0 Å². The number of nitrogens with one attached hydrogen (secondary N) is 2. The molecule has 1 amide bonds. The van der Waals surface area contributed by atoms with Gasteiger partial charge in [0.2, 0.25) is 0 Å². The highest BCUT2D eigenvalue weighted by molar-refractivity contribution is 6.06. The van der Waals surface area contributed by atoms with Crippen LogP contribution in [0.25, 0.3) is 22.3 Å². The van der Waals surface area contributed by atoms with Gasteiger partial charge in [0.15, 0.2) is 5.65 Å². The third-order valence-electron chi connectivity index (χ3n) is 4.89. The van der Waals surface area contributed by atoms with Gasteiger partial charge in [-0.3, -0.25) is 4.79 Å². The Morgan fingerprint density at radius 3 is 2.92 bits per heavy atom. The Hall–Kier alpha value is -2.73. The summed E-state index contributed by atoms with van der Waals surface area (Å²) in [5.74, 6) is -0.0704. The number of aromatic nitrogens is 3. The van der Waals surface area contributed by atoms with Crippen LogP contribution >= 0.6 is 0 Å². The van der Waals surface area contributed by atoms with E-state index in [4.69, 9.17) is 4.98 Å². The second-order valence-electron chi connectivity index (χ2n) is 6.62. The summed E-state index contributed by atoms with van der Waals surface area (Å²) in [5, 5.41) is 11.7. The third kappa shape index (κ3) is 3.20. The van der Waals surface area contributed by atoms with Gasteiger partial charge in [0.05, 0.1) is 22.8 Å². The summed E-state index contributed by atoms with van der Waals surface area (Å²) >= 11 is 0. The van der Waals surface area contributed by atoms with E-state index in [1.165, 1.54) is 6.42 Å². The SMILES string of the molecule is CCn1ncc2c(C(=O)NCC3CCCN3)cc(-c3ccccc3)nc21. The number of carbonyl (C=O) groups excluding carboxylic acids is 1. The molecule has 6 nitrogen and oxygen atoms in total. The maximum Gasteiger partial charge on any atom is 0.252 e. The number of hydrogen-bond donors (Lipinski definition) is 2. The molecule has 3 heterocycles. The molecule has 0 bridgehead atoms. The zero-order valence-electron chi connectivity index (χ0n) is 14.9. The van der Waals surface area contributed by atoms with Gasteiger partial charge in [-0.1, -0.05) is 30.3 Å². The van der Waals surface area contributed by atoms with Gasteiger partial charge in [-0.05, 0) is 32.4 Å². The average molecular weight is 349 g/mol. The van der Waals surface area contributed by atoms with Crippen molar-refractivity contribution < 1.29 is 4.79 Å². The molecule has 6 heteroatoms. The number of carbonyl (C=O) groups is 1. The Morgan fingerprint density at radius 2 is 2.19 bits per heavy atom.